The molecule has 2 aliphatic rings. The van der Waals surface area contributed by atoms with Gasteiger partial charge in [-0.2, -0.15) is 0 Å². The van der Waals surface area contributed by atoms with E-state index < -0.39 is 0 Å². The summed E-state index contributed by atoms with van der Waals surface area (Å²) in [4.78, 5) is 32.3. The van der Waals surface area contributed by atoms with Crippen LogP contribution in [0.4, 0.5) is 11.4 Å². The highest BCUT2D eigenvalue weighted by atomic mass is 32.2. The quantitative estimate of drug-likeness (QED) is 0.0570. The summed E-state index contributed by atoms with van der Waals surface area (Å²) in [6, 6.07) is 31.0. The summed E-state index contributed by atoms with van der Waals surface area (Å²) >= 11 is 1.33. The molecule has 2 heterocycles. The molecule has 1 N–H and O–H groups in total. The number of carbonyl (C=O) groups is 2. The van der Waals surface area contributed by atoms with Crippen LogP contribution in [0.5, 0.6) is 5.75 Å². The number of fused-ring (bicyclic) bond motifs is 2. The fourth-order valence-corrected chi connectivity index (χ4v) is 8.62. The predicted molar refractivity (Wildman–Crippen MR) is 235 cm³/mol. The van der Waals surface area contributed by atoms with Crippen molar-refractivity contribution in [1.29, 1.82) is 0 Å². The zero-order valence-corrected chi connectivity index (χ0v) is 34.6. The smallest absolute Gasteiger partial charge is 0.316 e. The van der Waals surface area contributed by atoms with Gasteiger partial charge in [0, 0.05) is 41.3 Å². The van der Waals surface area contributed by atoms with Gasteiger partial charge < -0.3 is 24.4 Å². The second kappa shape index (κ2) is 18.2. The Morgan fingerprint density at radius 3 is 2.33 bits per heavy atom. The zero-order chi connectivity index (χ0) is 40.8. The summed E-state index contributed by atoms with van der Waals surface area (Å²) in [5.41, 5.74) is 9.52. The average molecular weight is 796 g/mol. The van der Waals surface area contributed by atoms with Crippen molar-refractivity contribution in [3.8, 4) is 5.75 Å². The van der Waals surface area contributed by atoms with E-state index in [0.29, 0.717) is 43.9 Å². The second-order valence-corrected chi connectivity index (χ2v) is 15.1. The molecule has 10 heteroatoms. The van der Waals surface area contributed by atoms with Crippen molar-refractivity contribution in [3.63, 3.8) is 0 Å². The van der Waals surface area contributed by atoms with Crippen LogP contribution in [0.1, 0.15) is 55.8 Å². The van der Waals surface area contributed by atoms with Crippen LogP contribution in [-0.2, 0) is 40.4 Å². The minimum atomic E-state index is -0.341. The van der Waals surface area contributed by atoms with Crippen LogP contribution in [0.15, 0.2) is 126 Å². The number of esters is 1. The summed E-state index contributed by atoms with van der Waals surface area (Å²) in [7, 11) is 0. The maximum atomic E-state index is 14.6. The number of aromatic nitrogens is 2. The number of carbonyl (C=O) groups excluding carboxylic acids is 2. The van der Waals surface area contributed by atoms with Gasteiger partial charge in [0.15, 0.2) is 16.8 Å². The summed E-state index contributed by atoms with van der Waals surface area (Å²) in [6.07, 6.45) is 6.63. The van der Waals surface area contributed by atoms with Gasteiger partial charge in [0.25, 0.3) is 5.82 Å². The van der Waals surface area contributed by atoms with Gasteiger partial charge in [-0.05, 0) is 79.8 Å². The van der Waals surface area contributed by atoms with Crippen LogP contribution in [-0.4, -0.2) is 53.5 Å². The van der Waals surface area contributed by atoms with E-state index in [2.05, 4.69) is 101 Å². The number of nitrogens with zero attached hydrogens (tertiary/aromatic N) is 4. The minimum absolute atomic E-state index is 0.0522. The lowest BCUT2D eigenvalue weighted by atomic mass is 9.89. The van der Waals surface area contributed by atoms with Gasteiger partial charge in [-0.3, -0.25) is 9.59 Å². The van der Waals surface area contributed by atoms with Crippen LogP contribution in [0.3, 0.4) is 0 Å². The number of allylic oxidation sites excluding steroid dienone is 3. The Balaban J connectivity index is 1.36. The third-order valence-electron chi connectivity index (χ3n) is 10.6. The molecule has 0 fully saturated rings. The predicted octanol–water partition coefficient (Wildman–Crippen LogP) is 8.48. The number of aliphatic hydroxyl groups is 1. The van der Waals surface area contributed by atoms with Crippen LogP contribution >= 0.6 is 11.8 Å². The monoisotopic (exact) mass is 795 g/mol. The molecule has 1 aromatic heterocycles. The first-order chi connectivity index (χ1) is 28.3. The lowest BCUT2D eigenvalue weighted by Crippen LogP contribution is -2.38. The number of β-amino-alcohol motifs (C(OH)–C–C–N with tert-alkyl or cyclic N) is 1. The fraction of sp³-hybridized carbons (Fsp3) is 0.271. The number of imidazole rings is 1. The molecule has 1 aliphatic carbocycles. The molecule has 0 saturated carbocycles. The molecule has 4 aromatic carbocycles. The first-order valence-corrected chi connectivity index (χ1v) is 21.0. The van der Waals surface area contributed by atoms with E-state index in [-0.39, 0.29) is 30.7 Å². The van der Waals surface area contributed by atoms with Gasteiger partial charge in [-0.15, -0.1) is 11.8 Å². The Hall–Kier alpha value is -5.84. The van der Waals surface area contributed by atoms with E-state index in [1.165, 1.54) is 17.3 Å². The number of aryl methyl sites for hydroxylation is 2. The Kier molecular flexibility index (Phi) is 12.6. The number of aliphatic hydroxyl groups excluding tert-OH is 1. The van der Waals surface area contributed by atoms with E-state index in [1.807, 2.05) is 54.6 Å². The number of ether oxygens (including phenoxy) is 2. The maximum Gasteiger partial charge on any atom is 0.316 e. The molecule has 7 rings (SSSR count). The van der Waals surface area contributed by atoms with Crippen molar-refractivity contribution >= 4 is 58.1 Å². The van der Waals surface area contributed by atoms with Crippen molar-refractivity contribution in [2.45, 2.75) is 53.8 Å². The highest BCUT2D eigenvalue weighted by molar-refractivity contribution is 8.04. The Morgan fingerprint density at radius 2 is 1.64 bits per heavy atom. The summed E-state index contributed by atoms with van der Waals surface area (Å²) in [5, 5.41) is 10.2. The van der Waals surface area contributed by atoms with Gasteiger partial charge in [0.2, 0.25) is 0 Å². The van der Waals surface area contributed by atoms with Crippen LogP contribution in [0.2, 0.25) is 0 Å². The number of ketones is 1. The largest absolute Gasteiger partial charge is 0.489 e. The van der Waals surface area contributed by atoms with Crippen LogP contribution < -0.4 is 19.1 Å². The number of Topliss-reactive ketones (excluding diaryl/α,β-unsaturated/α-hetero) is 1. The van der Waals surface area contributed by atoms with Crippen LogP contribution in [0.25, 0.3) is 23.2 Å². The van der Waals surface area contributed by atoms with Gasteiger partial charge in [-0.25, -0.2) is 9.13 Å². The molecular formula is C48H51N4O5S+. The number of rotatable bonds is 17. The van der Waals surface area contributed by atoms with Crippen molar-refractivity contribution < 1.29 is 28.7 Å². The number of hydrogen-bond donors (Lipinski definition) is 1. The maximum absolute atomic E-state index is 14.6. The lowest BCUT2D eigenvalue weighted by Gasteiger charge is -2.28. The molecule has 0 spiro atoms. The summed E-state index contributed by atoms with van der Waals surface area (Å²) in [6.45, 7) is 14.9. The van der Waals surface area contributed by atoms with E-state index in [1.54, 1.807) is 6.92 Å². The molecular weight excluding hydrogens is 745 g/mol. The standard InChI is InChI=1S/C48H51N4O5S/c1-6-33-16-18-35(19-17-33)30-52-41-23-21-37(57-31-36-14-12-11-13-15-36)27-43(41)50(9-4)45(52)29-39-47(55)38(48(39)58-32-46(54)56-10-5)28-44-49(8-3)42-26-34(7-2)20-22-40(42)51(44)24-25-53/h6,11-23,26-29,53H,1,7-10,24-25,30-32H2,2-5H3/q+1. The summed E-state index contributed by atoms with van der Waals surface area (Å²) in [5.74, 6) is 2.04. The van der Waals surface area contributed by atoms with Crippen molar-refractivity contribution in [2.24, 2.45) is 0 Å². The molecule has 0 radical (unpaired) electrons. The van der Waals surface area contributed by atoms with Gasteiger partial charge in [0.1, 0.15) is 24.7 Å². The van der Waals surface area contributed by atoms with Crippen LogP contribution in [0, 0.1) is 0 Å². The fourth-order valence-electron chi connectivity index (χ4n) is 7.66. The van der Waals surface area contributed by atoms with E-state index >= 15 is 0 Å². The third-order valence-corrected chi connectivity index (χ3v) is 11.7. The molecule has 58 heavy (non-hydrogen) atoms. The molecule has 0 amide bonds. The molecule has 1 aliphatic heterocycles. The molecule has 5 aromatic rings. The molecule has 0 atom stereocenters. The van der Waals surface area contributed by atoms with Gasteiger partial charge >= 0.3 is 5.97 Å². The number of anilines is 2. The third kappa shape index (κ3) is 8.12. The highest BCUT2D eigenvalue weighted by Crippen LogP contribution is 2.46. The first kappa shape index (κ1) is 40.4. The Bertz CT molecular complexity index is 2430. The van der Waals surface area contributed by atoms with Crippen molar-refractivity contribution in [2.75, 3.05) is 41.9 Å². The zero-order valence-electron chi connectivity index (χ0n) is 33.7. The molecule has 298 valence electrons. The molecule has 0 unspecified atom stereocenters. The number of benzene rings is 4. The number of thioether (sulfide) groups is 1. The summed E-state index contributed by atoms with van der Waals surface area (Å²) < 4.78 is 16.1. The van der Waals surface area contributed by atoms with Crippen molar-refractivity contribution in [1.82, 2.24) is 4.57 Å². The molecule has 0 bridgehead atoms. The van der Waals surface area contributed by atoms with Gasteiger partial charge in [-0.1, -0.05) is 80.2 Å². The SMILES string of the molecule is C=Cc1ccc(C[n+]2c(/C=C3/C(=O)C(/C=C4/N(CC)c5cc(CC)ccc5N4CCO)=C3SCC(=O)OCC)n(CC)c3cc(OCc4ccccc4)ccc32)cc1. The van der Waals surface area contributed by atoms with E-state index in [9.17, 15) is 14.7 Å². The topological polar surface area (TPSA) is 88.1 Å². The molecule has 9 nitrogen and oxygen atoms in total. The Morgan fingerprint density at radius 1 is 0.862 bits per heavy atom. The Labute approximate surface area is 345 Å². The normalized spacial score (nSPS) is 15.1. The van der Waals surface area contributed by atoms with Gasteiger partial charge in [0.05, 0.1) is 36.9 Å². The highest BCUT2D eigenvalue weighted by Gasteiger charge is 2.38. The second-order valence-electron chi connectivity index (χ2n) is 14.1. The van der Waals surface area contributed by atoms with Crippen molar-refractivity contribution in [3.05, 3.63) is 154 Å². The molecule has 0 saturated heterocycles. The first-order valence-electron chi connectivity index (χ1n) is 20.1. The minimum Gasteiger partial charge on any atom is -0.489 e. The van der Waals surface area contributed by atoms with E-state index in [0.717, 1.165) is 67.8 Å². The lowest BCUT2D eigenvalue weighted by molar-refractivity contribution is -0.665. The van der Waals surface area contributed by atoms with E-state index in [4.69, 9.17) is 9.47 Å². The number of hydrogen-bond acceptors (Lipinski definition) is 8. The average Bonchev–Trinajstić information content (AvgIpc) is 3.71.